The second-order valence-corrected chi connectivity index (χ2v) is 9.00. The van der Waals surface area contributed by atoms with Gasteiger partial charge in [-0.3, -0.25) is 14.8 Å². The number of hydrogen-bond acceptors (Lipinski definition) is 6. The second-order valence-electron chi connectivity index (χ2n) is 7.05. The van der Waals surface area contributed by atoms with E-state index in [1.165, 1.54) is 10.4 Å². The summed E-state index contributed by atoms with van der Waals surface area (Å²) in [4.78, 5) is 28.3. The van der Waals surface area contributed by atoms with Crippen LogP contribution in [0.15, 0.2) is 53.2 Å². The molecule has 0 aliphatic heterocycles. The van der Waals surface area contributed by atoms with E-state index in [0.717, 1.165) is 22.7 Å². The number of carbonyl (C=O) groups excluding carboxylic acids is 2. The number of hydrogen-bond donors (Lipinski definition) is 2. The second kappa shape index (κ2) is 11.6. The van der Waals surface area contributed by atoms with Gasteiger partial charge in [-0.25, -0.2) is 5.48 Å². The third kappa shape index (κ3) is 6.65. The highest BCUT2D eigenvalue weighted by Gasteiger charge is 2.18. The quantitative estimate of drug-likeness (QED) is 0.227. The van der Waals surface area contributed by atoms with E-state index in [0.29, 0.717) is 25.8 Å². The van der Waals surface area contributed by atoms with Crippen LogP contribution in [0.4, 0.5) is 5.69 Å². The van der Waals surface area contributed by atoms with E-state index >= 15 is 0 Å². The predicted molar refractivity (Wildman–Crippen MR) is 125 cm³/mol. The molecule has 0 spiro atoms. The first-order valence-corrected chi connectivity index (χ1v) is 11.9. The fourth-order valence-corrected chi connectivity index (χ4v) is 4.92. The van der Waals surface area contributed by atoms with Crippen molar-refractivity contribution in [2.75, 3.05) is 12.0 Å². The zero-order valence-corrected chi connectivity index (χ0v) is 19.0. The molecule has 2 N–H and O–H groups in total. The number of unbranched alkanes of at least 4 members (excludes halogenated alkanes) is 2. The van der Waals surface area contributed by atoms with E-state index in [2.05, 4.69) is 29.0 Å². The van der Waals surface area contributed by atoms with Crippen molar-refractivity contribution < 1.29 is 19.5 Å². The summed E-state index contributed by atoms with van der Waals surface area (Å²) < 4.78 is 5.24. The number of methoxy groups -OCH3 is 1. The summed E-state index contributed by atoms with van der Waals surface area (Å²) >= 11 is 3.37. The van der Waals surface area contributed by atoms with Crippen LogP contribution < -0.4 is 15.1 Å². The van der Waals surface area contributed by atoms with Crippen LogP contribution >= 0.6 is 22.7 Å². The Morgan fingerprint density at radius 2 is 1.81 bits per heavy atom. The van der Waals surface area contributed by atoms with E-state index in [1.54, 1.807) is 35.3 Å². The van der Waals surface area contributed by atoms with Gasteiger partial charge in [0.2, 0.25) is 11.8 Å². The molecule has 2 aromatic heterocycles. The molecule has 164 valence electrons. The number of anilines is 1. The van der Waals surface area contributed by atoms with Crippen molar-refractivity contribution in [3.8, 4) is 16.2 Å². The SMILES string of the molecule is COc1ccc(N(Cc2ccc(-c3ccsc3)s2)C(=O)CCCCCC(=O)NO)cc1. The van der Waals surface area contributed by atoms with E-state index in [4.69, 9.17) is 9.94 Å². The van der Waals surface area contributed by atoms with Crippen molar-refractivity contribution in [3.63, 3.8) is 0 Å². The Morgan fingerprint density at radius 3 is 2.48 bits per heavy atom. The molecule has 0 saturated carbocycles. The highest BCUT2D eigenvalue weighted by molar-refractivity contribution is 7.16. The monoisotopic (exact) mass is 458 g/mol. The van der Waals surface area contributed by atoms with Crippen LogP contribution in [0.25, 0.3) is 10.4 Å². The third-order valence-electron chi connectivity index (χ3n) is 4.89. The van der Waals surface area contributed by atoms with Crippen molar-refractivity contribution in [3.05, 3.63) is 58.1 Å². The molecule has 0 unspecified atom stereocenters. The molecule has 0 atom stereocenters. The van der Waals surface area contributed by atoms with Crippen LogP contribution in [-0.2, 0) is 16.1 Å². The molecule has 0 aliphatic rings. The topological polar surface area (TPSA) is 78.9 Å². The summed E-state index contributed by atoms with van der Waals surface area (Å²) in [5.74, 6) is 0.391. The molecular formula is C23H26N2O4S2. The molecule has 0 aliphatic carbocycles. The molecule has 3 rings (SSSR count). The average Bonchev–Trinajstić information content (AvgIpc) is 3.49. The molecule has 31 heavy (non-hydrogen) atoms. The summed E-state index contributed by atoms with van der Waals surface area (Å²) in [6.07, 6.45) is 2.73. The van der Waals surface area contributed by atoms with Crippen LogP contribution in [0.2, 0.25) is 0 Å². The number of nitrogens with zero attached hydrogens (tertiary/aromatic N) is 1. The first-order valence-electron chi connectivity index (χ1n) is 10.1. The minimum atomic E-state index is -0.398. The van der Waals surface area contributed by atoms with Gasteiger partial charge in [-0.1, -0.05) is 6.42 Å². The van der Waals surface area contributed by atoms with Crippen molar-refractivity contribution >= 4 is 40.2 Å². The Bertz CT molecular complexity index is 968. The molecule has 0 saturated heterocycles. The maximum absolute atomic E-state index is 13.1. The number of hydroxylamine groups is 1. The maximum atomic E-state index is 13.1. The van der Waals surface area contributed by atoms with Gasteiger partial charge in [0.1, 0.15) is 5.75 Å². The van der Waals surface area contributed by atoms with Crippen molar-refractivity contribution in [1.82, 2.24) is 5.48 Å². The first-order chi connectivity index (χ1) is 15.1. The van der Waals surface area contributed by atoms with E-state index in [-0.39, 0.29) is 12.3 Å². The Morgan fingerprint density at radius 1 is 1.03 bits per heavy atom. The zero-order chi connectivity index (χ0) is 22.1. The predicted octanol–water partition coefficient (Wildman–Crippen LogP) is 5.47. The largest absolute Gasteiger partial charge is 0.497 e. The standard InChI is InChI=1S/C23H26N2O4S2/c1-29-19-9-7-18(8-10-19)25(23(27)6-4-2-3-5-22(26)24-28)15-20-11-12-21(31-20)17-13-14-30-16-17/h7-14,16,28H,2-6,15H2,1H3,(H,24,26). The number of thiophene rings is 2. The fourth-order valence-electron chi connectivity index (χ4n) is 3.19. The van der Waals surface area contributed by atoms with E-state index < -0.39 is 5.91 Å². The van der Waals surface area contributed by atoms with Crippen LogP contribution in [0.5, 0.6) is 5.75 Å². The Kier molecular flexibility index (Phi) is 8.63. The summed E-state index contributed by atoms with van der Waals surface area (Å²) in [5, 5.41) is 12.7. The van der Waals surface area contributed by atoms with E-state index in [9.17, 15) is 9.59 Å². The van der Waals surface area contributed by atoms with Gasteiger partial charge in [0, 0.05) is 33.8 Å². The summed E-state index contributed by atoms with van der Waals surface area (Å²) in [5.41, 5.74) is 3.66. The molecule has 0 radical (unpaired) electrons. The Labute approximate surface area is 190 Å². The molecule has 8 heteroatoms. The van der Waals surface area contributed by atoms with Crippen molar-refractivity contribution in [2.24, 2.45) is 0 Å². The number of benzene rings is 1. The highest BCUT2D eigenvalue weighted by Crippen LogP contribution is 2.31. The van der Waals surface area contributed by atoms with Crippen molar-refractivity contribution in [2.45, 2.75) is 38.6 Å². The minimum absolute atomic E-state index is 0.0438. The molecule has 2 amide bonds. The number of ether oxygens (including phenoxy) is 1. The van der Waals surface area contributed by atoms with Crippen LogP contribution in [0.3, 0.4) is 0 Å². The smallest absolute Gasteiger partial charge is 0.243 e. The number of amides is 2. The summed E-state index contributed by atoms with van der Waals surface area (Å²) in [6.45, 7) is 0.507. The maximum Gasteiger partial charge on any atom is 0.243 e. The lowest BCUT2D eigenvalue weighted by Gasteiger charge is -2.23. The third-order valence-corrected chi connectivity index (χ3v) is 6.69. The number of nitrogens with one attached hydrogen (secondary N) is 1. The van der Waals surface area contributed by atoms with Gasteiger partial charge in [-0.15, -0.1) is 11.3 Å². The lowest BCUT2D eigenvalue weighted by molar-refractivity contribution is -0.129. The summed E-state index contributed by atoms with van der Waals surface area (Å²) in [6, 6.07) is 13.8. The minimum Gasteiger partial charge on any atom is -0.497 e. The first kappa shape index (κ1) is 23.0. The van der Waals surface area contributed by atoms with Crippen LogP contribution in [0, 0.1) is 0 Å². The van der Waals surface area contributed by atoms with Gasteiger partial charge < -0.3 is 9.64 Å². The molecule has 6 nitrogen and oxygen atoms in total. The van der Waals surface area contributed by atoms with Gasteiger partial charge in [-0.05, 0) is 66.1 Å². The molecule has 0 fully saturated rings. The molecule has 1 aromatic carbocycles. The molecular weight excluding hydrogens is 432 g/mol. The van der Waals surface area contributed by atoms with Gasteiger partial charge in [0.15, 0.2) is 0 Å². The van der Waals surface area contributed by atoms with Gasteiger partial charge >= 0.3 is 0 Å². The van der Waals surface area contributed by atoms with Gasteiger partial charge in [0.25, 0.3) is 0 Å². The van der Waals surface area contributed by atoms with Gasteiger partial charge in [0.05, 0.1) is 13.7 Å². The molecule has 2 heterocycles. The Hall–Kier alpha value is -2.68. The lowest BCUT2D eigenvalue weighted by atomic mass is 10.1. The number of rotatable bonds is 11. The average molecular weight is 459 g/mol. The molecule has 3 aromatic rings. The summed E-state index contributed by atoms with van der Waals surface area (Å²) in [7, 11) is 1.62. The molecule has 0 bridgehead atoms. The van der Waals surface area contributed by atoms with E-state index in [1.807, 2.05) is 29.2 Å². The lowest BCUT2D eigenvalue weighted by Crippen LogP contribution is -2.29. The Balaban J connectivity index is 1.67. The number of carbonyl (C=O) groups is 2. The van der Waals surface area contributed by atoms with Crippen molar-refractivity contribution in [1.29, 1.82) is 0 Å². The van der Waals surface area contributed by atoms with Crippen LogP contribution in [0.1, 0.15) is 37.0 Å². The zero-order valence-electron chi connectivity index (χ0n) is 17.4. The van der Waals surface area contributed by atoms with Gasteiger partial charge in [-0.2, -0.15) is 11.3 Å². The fraction of sp³-hybridized carbons (Fsp3) is 0.304. The highest BCUT2D eigenvalue weighted by atomic mass is 32.1. The van der Waals surface area contributed by atoms with Crippen LogP contribution in [-0.4, -0.2) is 24.1 Å². The normalized spacial score (nSPS) is 10.6.